The molecule has 0 saturated carbocycles. The van der Waals surface area contributed by atoms with Crippen molar-refractivity contribution in [3.8, 4) is 0 Å². The highest BCUT2D eigenvalue weighted by molar-refractivity contribution is 5.17. The molecule has 0 fully saturated rings. The molecule has 0 aliphatic heterocycles. The molecule has 3 heteroatoms. The Balaban J connectivity index is 2.54. The van der Waals surface area contributed by atoms with Crippen LogP contribution in [-0.4, -0.2) is 6.54 Å². The monoisotopic (exact) mass is 197 g/mol. The quantitative estimate of drug-likeness (QED) is 0.732. The van der Waals surface area contributed by atoms with Crippen molar-refractivity contribution in [2.45, 2.75) is 13.5 Å². The van der Waals surface area contributed by atoms with E-state index in [1.165, 1.54) is 12.1 Å². The standard InChI is InChI=1S/C11H13F2N/c1-8(2)6-14-7-9-3-10(12)5-11(13)4-9/h3-5,14H,1,6-7H2,2H3. The van der Waals surface area contributed by atoms with Crippen LogP contribution in [0.25, 0.3) is 0 Å². The van der Waals surface area contributed by atoms with Crippen LogP contribution in [0.3, 0.4) is 0 Å². The van der Waals surface area contributed by atoms with Crippen LogP contribution < -0.4 is 5.32 Å². The number of rotatable bonds is 4. The van der Waals surface area contributed by atoms with Crippen LogP contribution in [0.4, 0.5) is 8.78 Å². The molecular weight excluding hydrogens is 184 g/mol. The van der Waals surface area contributed by atoms with Crippen LogP contribution in [0.2, 0.25) is 0 Å². The SMILES string of the molecule is C=C(C)CNCc1cc(F)cc(F)c1. The molecule has 0 aliphatic rings. The first-order chi connectivity index (χ1) is 6.58. The zero-order valence-electron chi connectivity index (χ0n) is 8.11. The third kappa shape index (κ3) is 3.66. The van der Waals surface area contributed by atoms with Gasteiger partial charge in [0.05, 0.1) is 0 Å². The molecule has 1 aromatic rings. The molecule has 14 heavy (non-hydrogen) atoms. The summed E-state index contributed by atoms with van der Waals surface area (Å²) in [7, 11) is 0. The molecule has 0 aromatic heterocycles. The Bertz CT molecular complexity index is 314. The Morgan fingerprint density at radius 3 is 2.36 bits per heavy atom. The average molecular weight is 197 g/mol. The molecule has 0 aliphatic carbocycles. The minimum Gasteiger partial charge on any atom is -0.309 e. The summed E-state index contributed by atoms with van der Waals surface area (Å²) in [4.78, 5) is 0. The van der Waals surface area contributed by atoms with Crippen molar-refractivity contribution in [1.82, 2.24) is 5.32 Å². The molecule has 1 N–H and O–H groups in total. The fraction of sp³-hybridized carbons (Fsp3) is 0.273. The Morgan fingerprint density at radius 1 is 1.29 bits per heavy atom. The molecule has 0 heterocycles. The van der Waals surface area contributed by atoms with Crippen molar-refractivity contribution in [1.29, 1.82) is 0 Å². The van der Waals surface area contributed by atoms with Crippen molar-refractivity contribution in [3.63, 3.8) is 0 Å². The minimum atomic E-state index is -0.544. The van der Waals surface area contributed by atoms with Gasteiger partial charge < -0.3 is 5.32 Å². The van der Waals surface area contributed by atoms with Crippen LogP contribution in [-0.2, 0) is 6.54 Å². The molecule has 1 nitrogen and oxygen atoms in total. The van der Waals surface area contributed by atoms with Crippen LogP contribution in [0, 0.1) is 11.6 Å². The molecule has 0 unspecified atom stereocenters. The lowest BCUT2D eigenvalue weighted by molar-refractivity contribution is 0.576. The first kappa shape index (κ1) is 10.9. The summed E-state index contributed by atoms with van der Waals surface area (Å²) in [6.45, 7) is 6.70. The van der Waals surface area contributed by atoms with Gasteiger partial charge in [0.25, 0.3) is 0 Å². The minimum absolute atomic E-state index is 0.446. The van der Waals surface area contributed by atoms with E-state index < -0.39 is 11.6 Å². The maximum Gasteiger partial charge on any atom is 0.126 e. The summed E-state index contributed by atoms with van der Waals surface area (Å²) in [6, 6.07) is 3.49. The lowest BCUT2D eigenvalue weighted by Gasteiger charge is -2.04. The lowest BCUT2D eigenvalue weighted by atomic mass is 10.2. The first-order valence-corrected chi connectivity index (χ1v) is 4.38. The largest absolute Gasteiger partial charge is 0.309 e. The highest BCUT2D eigenvalue weighted by Crippen LogP contribution is 2.07. The number of hydrogen-bond acceptors (Lipinski definition) is 1. The number of benzene rings is 1. The van der Waals surface area contributed by atoms with E-state index in [0.717, 1.165) is 11.6 Å². The summed E-state index contributed by atoms with van der Waals surface area (Å²) >= 11 is 0. The fourth-order valence-electron chi connectivity index (χ4n) is 1.13. The van der Waals surface area contributed by atoms with E-state index in [0.29, 0.717) is 18.7 Å². The number of hydrogen-bond donors (Lipinski definition) is 1. The van der Waals surface area contributed by atoms with Crippen LogP contribution in [0.5, 0.6) is 0 Å². The number of nitrogens with one attached hydrogen (secondary N) is 1. The third-order valence-electron chi connectivity index (χ3n) is 1.68. The Hall–Kier alpha value is -1.22. The molecular formula is C11H13F2N. The van der Waals surface area contributed by atoms with Gasteiger partial charge in [0.15, 0.2) is 0 Å². The maximum absolute atomic E-state index is 12.7. The molecule has 0 spiro atoms. The Kier molecular flexibility index (Phi) is 3.77. The molecule has 1 rings (SSSR count). The maximum atomic E-state index is 12.7. The molecule has 1 aromatic carbocycles. The smallest absolute Gasteiger partial charge is 0.126 e. The number of halogens is 2. The molecule has 0 bridgehead atoms. The van der Waals surface area contributed by atoms with Crippen molar-refractivity contribution >= 4 is 0 Å². The van der Waals surface area contributed by atoms with Gasteiger partial charge in [-0.25, -0.2) is 8.78 Å². The summed E-state index contributed by atoms with van der Waals surface area (Å²) in [5.41, 5.74) is 1.59. The fourth-order valence-corrected chi connectivity index (χ4v) is 1.13. The van der Waals surface area contributed by atoms with Gasteiger partial charge in [0, 0.05) is 19.2 Å². The predicted molar refractivity (Wildman–Crippen MR) is 52.9 cm³/mol. The first-order valence-electron chi connectivity index (χ1n) is 4.38. The van der Waals surface area contributed by atoms with E-state index in [1.54, 1.807) is 0 Å². The molecule has 0 atom stereocenters. The van der Waals surface area contributed by atoms with E-state index in [4.69, 9.17) is 0 Å². The summed E-state index contributed by atoms with van der Waals surface area (Å²) in [5.74, 6) is -1.09. The van der Waals surface area contributed by atoms with Gasteiger partial charge in [-0.3, -0.25) is 0 Å². The predicted octanol–water partition coefficient (Wildman–Crippen LogP) is 2.63. The summed E-state index contributed by atoms with van der Waals surface area (Å²) in [6.07, 6.45) is 0. The van der Waals surface area contributed by atoms with Crippen molar-refractivity contribution < 1.29 is 8.78 Å². The molecule has 0 radical (unpaired) electrons. The highest BCUT2D eigenvalue weighted by Gasteiger charge is 1.99. The van der Waals surface area contributed by atoms with Gasteiger partial charge in [-0.2, -0.15) is 0 Å². The van der Waals surface area contributed by atoms with Crippen molar-refractivity contribution in [3.05, 3.63) is 47.5 Å². The van der Waals surface area contributed by atoms with Crippen molar-refractivity contribution in [2.24, 2.45) is 0 Å². The Labute approximate surface area is 82.4 Å². The van der Waals surface area contributed by atoms with Crippen LogP contribution in [0.1, 0.15) is 12.5 Å². The molecule has 0 saturated heterocycles. The van der Waals surface area contributed by atoms with Gasteiger partial charge in [-0.05, 0) is 24.6 Å². The summed E-state index contributed by atoms with van der Waals surface area (Å²) in [5, 5.41) is 3.02. The topological polar surface area (TPSA) is 12.0 Å². The van der Waals surface area contributed by atoms with Crippen molar-refractivity contribution in [2.75, 3.05) is 6.54 Å². The van der Waals surface area contributed by atoms with E-state index in [1.807, 2.05) is 6.92 Å². The van der Waals surface area contributed by atoms with Gasteiger partial charge >= 0.3 is 0 Å². The van der Waals surface area contributed by atoms with E-state index >= 15 is 0 Å². The molecule has 76 valence electrons. The average Bonchev–Trinajstić information content (AvgIpc) is 2.01. The lowest BCUT2D eigenvalue weighted by Crippen LogP contribution is -2.15. The second-order valence-electron chi connectivity index (χ2n) is 3.34. The third-order valence-corrected chi connectivity index (χ3v) is 1.68. The van der Waals surface area contributed by atoms with E-state index in [-0.39, 0.29) is 0 Å². The zero-order chi connectivity index (χ0) is 10.6. The van der Waals surface area contributed by atoms with Gasteiger partial charge in [-0.1, -0.05) is 12.2 Å². The molecule has 0 amide bonds. The second kappa shape index (κ2) is 4.86. The van der Waals surface area contributed by atoms with Gasteiger partial charge in [0.1, 0.15) is 11.6 Å². The van der Waals surface area contributed by atoms with Crippen LogP contribution in [0.15, 0.2) is 30.4 Å². The van der Waals surface area contributed by atoms with Gasteiger partial charge in [0.2, 0.25) is 0 Å². The van der Waals surface area contributed by atoms with E-state index in [2.05, 4.69) is 11.9 Å². The van der Waals surface area contributed by atoms with Crippen LogP contribution >= 0.6 is 0 Å². The highest BCUT2D eigenvalue weighted by atomic mass is 19.1. The van der Waals surface area contributed by atoms with Gasteiger partial charge in [-0.15, -0.1) is 0 Å². The second-order valence-corrected chi connectivity index (χ2v) is 3.34. The van der Waals surface area contributed by atoms with E-state index in [9.17, 15) is 8.78 Å². The Morgan fingerprint density at radius 2 is 1.86 bits per heavy atom. The zero-order valence-corrected chi connectivity index (χ0v) is 8.11. The summed E-state index contributed by atoms with van der Waals surface area (Å²) < 4.78 is 25.5. The normalized spacial score (nSPS) is 10.2.